The zero-order chi connectivity index (χ0) is 21.9. The Kier molecular flexibility index (Phi) is 9.85. The maximum Gasteiger partial charge on any atom is 0.573 e. The van der Waals surface area contributed by atoms with Gasteiger partial charge < -0.3 is 14.2 Å². The predicted octanol–water partition coefficient (Wildman–Crippen LogP) is 5.75. The van der Waals surface area contributed by atoms with Gasteiger partial charge >= 0.3 is 12.5 Å². The number of alkyl carbamates (subject to hydrolysis) is 1. The van der Waals surface area contributed by atoms with E-state index < -0.39 is 24.3 Å². The second kappa shape index (κ2) is 11.8. The van der Waals surface area contributed by atoms with Gasteiger partial charge in [0.15, 0.2) is 0 Å². The van der Waals surface area contributed by atoms with Crippen LogP contribution in [-0.2, 0) is 4.74 Å². The number of amides is 1. The standard InChI is InChI=1S/C21H26F3NO4/c1-5-7-10-16(9-6-2)25-20(26)28-19(15(3)4)14-27-17-11-8-12-18(13-17)29-21(22,23)24/h6-13,15,19H,2,5,14H2,1,3-4H3,(H,25,26)/b10-7-,16-9+. The van der Waals surface area contributed by atoms with Crippen molar-refractivity contribution >= 4 is 6.09 Å². The highest BCUT2D eigenvalue weighted by Crippen LogP contribution is 2.26. The zero-order valence-electron chi connectivity index (χ0n) is 16.7. The number of alkyl halides is 3. The molecule has 0 saturated carbocycles. The van der Waals surface area contributed by atoms with Crippen LogP contribution in [0.5, 0.6) is 11.5 Å². The van der Waals surface area contributed by atoms with Crippen LogP contribution in [0.1, 0.15) is 27.2 Å². The Hall–Kier alpha value is -2.90. The van der Waals surface area contributed by atoms with Crippen LogP contribution in [0.25, 0.3) is 0 Å². The number of halogens is 3. The van der Waals surface area contributed by atoms with E-state index in [9.17, 15) is 18.0 Å². The van der Waals surface area contributed by atoms with Crippen LogP contribution in [0.3, 0.4) is 0 Å². The number of rotatable bonds is 10. The summed E-state index contributed by atoms with van der Waals surface area (Å²) in [6, 6.07) is 5.15. The highest BCUT2D eigenvalue weighted by molar-refractivity contribution is 5.70. The Morgan fingerprint density at radius 2 is 1.97 bits per heavy atom. The molecule has 1 atom stereocenters. The molecule has 0 aliphatic carbocycles. The Morgan fingerprint density at radius 3 is 2.55 bits per heavy atom. The van der Waals surface area contributed by atoms with Crippen LogP contribution < -0.4 is 14.8 Å². The average molecular weight is 413 g/mol. The third kappa shape index (κ3) is 10.3. The Balaban J connectivity index is 2.71. The summed E-state index contributed by atoms with van der Waals surface area (Å²) in [6.45, 7) is 9.19. The largest absolute Gasteiger partial charge is 0.573 e. The summed E-state index contributed by atoms with van der Waals surface area (Å²) in [4.78, 5) is 12.2. The molecule has 1 N–H and O–H groups in total. The number of hydrogen-bond donors (Lipinski definition) is 1. The number of carbonyl (C=O) groups is 1. The minimum atomic E-state index is -4.79. The van der Waals surface area contributed by atoms with Crippen molar-refractivity contribution in [2.75, 3.05) is 6.61 Å². The summed E-state index contributed by atoms with van der Waals surface area (Å²) < 4.78 is 51.8. The minimum absolute atomic E-state index is 0.0359. The topological polar surface area (TPSA) is 56.8 Å². The van der Waals surface area contributed by atoms with Gasteiger partial charge in [0.05, 0.1) is 0 Å². The molecule has 0 radical (unpaired) electrons. The summed E-state index contributed by atoms with van der Waals surface area (Å²) in [5.74, 6) is -0.315. The van der Waals surface area contributed by atoms with Crippen molar-refractivity contribution in [3.05, 3.63) is 60.8 Å². The van der Waals surface area contributed by atoms with Crippen molar-refractivity contribution in [1.82, 2.24) is 5.32 Å². The van der Waals surface area contributed by atoms with Crippen molar-refractivity contribution < 1.29 is 32.2 Å². The maximum atomic E-state index is 12.3. The fourth-order valence-electron chi connectivity index (χ4n) is 2.10. The molecule has 8 heteroatoms. The van der Waals surface area contributed by atoms with E-state index in [0.717, 1.165) is 12.5 Å². The molecule has 1 aromatic carbocycles. The van der Waals surface area contributed by atoms with E-state index in [2.05, 4.69) is 16.6 Å². The van der Waals surface area contributed by atoms with Gasteiger partial charge in [-0.3, -0.25) is 5.32 Å². The molecule has 0 fully saturated rings. The Bertz CT molecular complexity index is 727. The van der Waals surface area contributed by atoms with Gasteiger partial charge in [0.1, 0.15) is 24.2 Å². The van der Waals surface area contributed by atoms with Crippen LogP contribution in [0, 0.1) is 5.92 Å². The van der Waals surface area contributed by atoms with Gasteiger partial charge in [-0.15, -0.1) is 13.2 Å². The average Bonchev–Trinajstić information content (AvgIpc) is 2.62. The van der Waals surface area contributed by atoms with Crippen molar-refractivity contribution in [1.29, 1.82) is 0 Å². The highest BCUT2D eigenvalue weighted by Gasteiger charge is 2.31. The molecule has 1 unspecified atom stereocenters. The molecule has 1 aromatic rings. The smallest absolute Gasteiger partial charge is 0.490 e. The monoisotopic (exact) mass is 413 g/mol. The van der Waals surface area contributed by atoms with Gasteiger partial charge in [0.2, 0.25) is 0 Å². The number of benzene rings is 1. The number of allylic oxidation sites excluding steroid dienone is 4. The Labute approximate surface area is 168 Å². The third-order valence-corrected chi connectivity index (χ3v) is 3.53. The lowest BCUT2D eigenvalue weighted by molar-refractivity contribution is -0.274. The van der Waals surface area contributed by atoms with Crippen molar-refractivity contribution in [2.45, 2.75) is 39.7 Å². The zero-order valence-corrected chi connectivity index (χ0v) is 16.7. The van der Waals surface area contributed by atoms with E-state index in [-0.39, 0.29) is 18.3 Å². The van der Waals surface area contributed by atoms with E-state index >= 15 is 0 Å². The molecule has 160 valence electrons. The van der Waals surface area contributed by atoms with Gasteiger partial charge in [-0.05, 0) is 36.6 Å². The fourth-order valence-corrected chi connectivity index (χ4v) is 2.10. The Morgan fingerprint density at radius 1 is 1.28 bits per heavy atom. The van der Waals surface area contributed by atoms with Crippen LogP contribution in [0.2, 0.25) is 0 Å². The molecule has 29 heavy (non-hydrogen) atoms. The van der Waals surface area contributed by atoms with Crippen LogP contribution in [-0.4, -0.2) is 25.2 Å². The first-order chi connectivity index (χ1) is 13.6. The molecule has 0 aliphatic heterocycles. The number of nitrogens with one attached hydrogen (secondary N) is 1. The predicted molar refractivity (Wildman–Crippen MR) is 105 cm³/mol. The fraction of sp³-hybridized carbons (Fsp3) is 0.381. The normalized spacial score (nSPS) is 13.3. The third-order valence-electron chi connectivity index (χ3n) is 3.53. The molecule has 0 aromatic heterocycles. The second-order valence-corrected chi connectivity index (χ2v) is 6.31. The lowest BCUT2D eigenvalue weighted by atomic mass is 10.1. The molecule has 1 amide bonds. The molecule has 0 aliphatic rings. The first-order valence-corrected chi connectivity index (χ1v) is 9.10. The maximum absolute atomic E-state index is 12.3. The summed E-state index contributed by atoms with van der Waals surface area (Å²) >= 11 is 0. The van der Waals surface area contributed by atoms with Crippen molar-refractivity contribution in [3.8, 4) is 11.5 Å². The van der Waals surface area contributed by atoms with Gasteiger partial charge in [-0.2, -0.15) is 0 Å². The van der Waals surface area contributed by atoms with E-state index in [1.54, 1.807) is 12.2 Å². The molecule has 1 rings (SSSR count). The lowest BCUT2D eigenvalue weighted by Gasteiger charge is -2.22. The number of ether oxygens (including phenoxy) is 3. The van der Waals surface area contributed by atoms with Crippen LogP contribution >= 0.6 is 0 Å². The summed E-state index contributed by atoms with van der Waals surface area (Å²) in [7, 11) is 0. The molecule has 0 spiro atoms. The number of hydrogen-bond acceptors (Lipinski definition) is 4. The molecule has 5 nitrogen and oxygen atoms in total. The van der Waals surface area contributed by atoms with E-state index in [1.807, 2.05) is 26.8 Å². The minimum Gasteiger partial charge on any atom is -0.490 e. The van der Waals surface area contributed by atoms with Crippen LogP contribution in [0.4, 0.5) is 18.0 Å². The van der Waals surface area contributed by atoms with Gasteiger partial charge in [0.25, 0.3) is 0 Å². The quantitative estimate of drug-likeness (QED) is 0.496. The molecule has 0 heterocycles. The van der Waals surface area contributed by atoms with Crippen molar-refractivity contribution in [3.63, 3.8) is 0 Å². The molecular weight excluding hydrogens is 387 g/mol. The lowest BCUT2D eigenvalue weighted by Crippen LogP contribution is -2.34. The molecular formula is C21H26F3NO4. The summed E-state index contributed by atoms with van der Waals surface area (Å²) in [5, 5.41) is 2.61. The first-order valence-electron chi connectivity index (χ1n) is 9.10. The SMILES string of the molecule is C=C/C=C(\C=C/CC)NC(=O)OC(COc1cccc(OC(F)(F)F)c1)C(C)C. The molecule has 0 saturated heterocycles. The van der Waals surface area contributed by atoms with E-state index in [1.165, 1.54) is 24.3 Å². The van der Waals surface area contributed by atoms with E-state index in [4.69, 9.17) is 9.47 Å². The van der Waals surface area contributed by atoms with Gasteiger partial charge in [-0.1, -0.05) is 45.6 Å². The van der Waals surface area contributed by atoms with Crippen LogP contribution in [0.15, 0.2) is 60.8 Å². The second-order valence-electron chi connectivity index (χ2n) is 6.31. The highest BCUT2D eigenvalue weighted by atomic mass is 19.4. The summed E-state index contributed by atoms with van der Waals surface area (Å²) in [6.07, 6.45) is 1.48. The first kappa shape index (κ1) is 24.1. The van der Waals surface area contributed by atoms with E-state index in [0.29, 0.717) is 5.70 Å². The van der Waals surface area contributed by atoms with Gasteiger partial charge in [-0.25, -0.2) is 4.79 Å². The van der Waals surface area contributed by atoms with Gasteiger partial charge in [0, 0.05) is 11.8 Å². The molecule has 0 bridgehead atoms. The van der Waals surface area contributed by atoms with Crippen molar-refractivity contribution in [2.24, 2.45) is 5.92 Å². The number of carbonyl (C=O) groups excluding carboxylic acids is 1. The summed E-state index contributed by atoms with van der Waals surface area (Å²) in [5.41, 5.74) is 0.521.